The zero-order chi connectivity index (χ0) is 34.6. The summed E-state index contributed by atoms with van der Waals surface area (Å²) in [6, 6.07) is 52.5. The molecular formula is C48H32N4. The molecule has 4 heterocycles. The standard InChI is InChI=1S/C48H32N4/c1-48(2)40-22-21-30(41-27-42(31-14-11-23-49-28-31)51-47(50-41)29-12-4-3-5-13-29)24-37(40)36-18-10-17-33(45(36)48)32-25-38-34-15-6-8-19-43(34)52-44-20-9-7-16-35(44)39(26-32)46(38)52/h3-28H,1-2H3. The molecule has 0 aliphatic heterocycles. The van der Waals surface area contributed by atoms with E-state index in [4.69, 9.17) is 9.97 Å². The molecule has 1 aliphatic carbocycles. The van der Waals surface area contributed by atoms with Crippen LogP contribution >= 0.6 is 0 Å². The molecule has 52 heavy (non-hydrogen) atoms. The first kappa shape index (κ1) is 29.1. The number of aromatic nitrogens is 4. The van der Waals surface area contributed by atoms with Gasteiger partial charge < -0.3 is 4.40 Å². The fourth-order valence-electron chi connectivity index (χ4n) is 8.88. The summed E-state index contributed by atoms with van der Waals surface area (Å²) in [7, 11) is 0. The molecule has 6 aromatic carbocycles. The van der Waals surface area contributed by atoms with Crippen LogP contribution in [0.3, 0.4) is 0 Å². The van der Waals surface area contributed by atoms with E-state index in [1.165, 1.54) is 71.5 Å². The van der Waals surface area contributed by atoms with Crippen molar-refractivity contribution in [3.8, 4) is 56.2 Å². The third-order valence-corrected chi connectivity index (χ3v) is 11.2. The molecule has 4 heteroatoms. The van der Waals surface area contributed by atoms with Crippen LogP contribution in [0.4, 0.5) is 0 Å². The van der Waals surface area contributed by atoms with E-state index in [2.05, 4.69) is 145 Å². The van der Waals surface area contributed by atoms with Crippen LogP contribution in [-0.2, 0) is 5.41 Å². The predicted molar refractivity (Wildman–Crippen MR) is 214 cm³/mol. The fraction of sp³-hybridized carbons (Fsp3) is 0.0625. The lowest BCUT2D eigenvalue weighted by atomic mass is 9.78. The van der Waals surface area contributed by atoms with Crippen molar-refractivity contribution in [3.05, 3.63) is 169 Å². The summed E-state index contributed by atoms with van der Waals surface area (Å²) in [5, 5.41) is 5.19. The molecule has 0 atom stereocenters. The molecule has 0 fully saturated rings. The lowest BCUT2D eigenvalue weighted by Gasteiger charge is -2.24. The SMILES string of the molecule is CC1(C)c2ccc(-c3cc(-c4cccnc4)nc(-c4ccccc4)n3)cc2-c2cccc(-c3cc4c5ccccc5n5c6ccccc6c(c3)c45)c21. The molecule has 0 saturated carbocycles. The van der Waals surface area contributed by atoms with Gasteiger partial charge in [-0.15, -0.1) is 0 Å². The summed E-state index contributed by atoms with van der Waals surface area (Å²) >= 11 is 0. The van der Waals surface area contributed by atoms with E-state index >= 15 is 0 Å². The molecule has 0 spiro atoms. The Morgan fingerprint density at radius 2 is 1.13 bits per heavy atom. The van der Waals surface area contributed by atoms with Crippen molar-refractivity contribution in [2.75, 3.05) is 0 Å². The van der Waals surface area contributed by atoms with E-state index in [1.807, 2.05) is 30.5 Å². The maximum Gasteiger partial charge on any atom is 0.160 e. The number of pyridine rings is 1. The Kier molecular flexibility index (Phi) is 5.98. The van der Waals surface area contributed by atoms with Gasteiger partial charge in [0.1, 0.15) is 0 Å². The van der Waals surface area contributed by atoms with Gasteiger partial charge in [-0.3, -0.25) is 4.98 Å². The smallest absolute Gasteiger partial charge is 0.160 e. The second-order valence-electron chi connectivity index (χ2n) is 14.5. The molecule has 4 nitrogen and oxygen atoms in total. The van der Waals surface area contributed by atoms with Crippen LogP contribution in [0.2, 0.25) is 0 Å². The van der Waals surface area contributed by atoms with Gasteiger partial charge in [0.15, 0.2) is 5.82 Å². The largest absolute Gasteiger partial charge is 0.308 e. The van der Waals surface area contributed by atoms with Crippen LogP contribution < -0.4 is 0 Å². The van der Waals surface area contributed by atoms with E-state index in [-0.39, 0.29) is 5.41 Å². The van der Waals surface area contributed by atoms with Crippen LogP contribution in [0.1, 0.15) is 25.0 Å². The number of benzene rings is 6. The molecule has 0 N–H and O–H groups in total. The molecule has 4 aromatic heterocycles. The Balaban J connectivity index is 1.11. The molecule has 0 saturated heterocycles. The van der Waals surface area contributed by atoms with Crippen molar-refractivity contribution in [2.24, 2.45) is 0 Å². The average Bonchev–Trinajstić information content (AvgIpc) is 3.80. The van der Waals surface area contributed by atoms with Crippen molar-refractivity contribution in [3.63, 3.8) is 0 Å². The Morgan fingerprint density at radius 1 is 0.481 bits per heavy atom. The molecule has 1 aliphatic rings. The maximum absolute atomic E-state index is 5.14. The topological polar surface area (TPSA) is 43.1 Å². The van der Waals surface area contributed by atoms with Crippen molar-refractivity contribution < 1.29 is 0 Å². The summed E-state index contributed by atoms with van der Waals surface area (Å²) < 4.78 is 2.45. The lowest BCUT2D eigenvalue weighted by molar-refractivity contribution is 0.662. The van der Waals surface area contributed by atoms with E-state index in [0.29, 0.717) is 5.82 Å². The van der Waals surface area contributed by atoms with E-state index in [0.717, 1.165) is 28.1 Å². The van der Waals surface area contributed by atoms with Gasteiger partial charge in [-0.2, -0.15) is 0 Å². The van der Waals surface area contributed by atoms with Crippen molar-refractivity contribution in [1.29, 1.82) is 0 Å². The first-order valence-electron chi connectivity index (χ1n) is 17.9. The highest BCUT2D eigenvalue weighted by Crippen LogP contribution is 2.54. The second-order valence-corrected chi connectivity index (χ2v) is 14.5. The van der Waals surface area contributed by atoms with Gasteiger partial charge in [0.2, 0.25) is 0 Å². The van der Waals surface area contributed by atoms with E-state index in [9.17, 15) is 0 Å². The highest BCUT2D eigenvalue weighted by Gasteiger charge is 2.38. The normalized spacial score (nSPS) is 13.3. The first-order chi connectivity index (χ1) is 25.5. The van der Waals surface area contributed by atoms with Crippen molar-refractivity contribution in [1.82, 2.24) is 19.4 Å². The van der Waals surface area contributed by atoms with E-state index < -0.39 is 0 Å². The van der Waals surface area contributed by atoms with Crippen LogP contribution in [-0.4, -0.2) is 19.4 Å². The average molecular weight is 665 g/mol. The number of rotatable bonds is 4. The molecule has 0 amide bonds. The monoisotopic (exact) mass is 664 g/mol. The molecule has 0 bridgehead atoms. The molecule has 0 unspecified atom stereocenters. The quantitative estimate of drug-likeness (QED) is 0.188. The van der Waals surface area contributed by atoms with Gasteiger partial charge in [-0.1, -0.05) is 111 Å². The number of nitrogens with zero attached hydrogens (tertiary/aromatic N) is 4. The molecular weight excluding hydrogens is 633 g/mol. The van der Waals surface area contributed by atoms with Gasteiger partial charge >= 0.3 is 0 Å². The minimum atomic E-state index is -0.206. The minimum absolute atomic E-state index is 0.206. The highest BCUT2D eigenvalue weighted by atomic mass is 14.9. The zero-order valence-corrected chi connectivity index (χ0v) is 28.8. The number of hydrogen-bond acceptors (Lipinski definition) is 3. The van der Waals surface area contributed by atoms with Crippen LogP contribution in [0, 0.1) is 0 Å². The first-order valence-corrected chi connectivity index (χ1v) is 17.9. The summed E-state index contributed by atoms with van der Waals surface area (Å²) in [4.78, 5) is 14.5. The van der Waals surface area contributed by atoms with Crippen LogP contribution in [0.25, 0.3) is 94.3 Å². The zero-order valence-electron chi connectivity index (χ0n) is 28.8. The van der Waals surface area contributed by atoms with Gasteiger partial charge in [0.25, 0.3) is 0 Å². The fourth-order valence-corrected chi connectivity index (χ4v) is 8.88. The molecule has 10 aromatic rings. The predicted octanol–water partition coefficient (Wildman–Crippen LogP) is 12.0. The Labute approximate surface area is 301 Å². The molecule has 0 radical (unpaired) electrons. The van der Waals surface area contributed by atoms with Crippen LogP contribution in [0.5, 0.6) is 0 Å². The summed E-state index contributed by atoms with van der Waals surface area (Å²) in [5.74, 6) is 0.701. The third kappa shape index (κ3) is 4.06. The van der Waals surface area contributed by atoms with E-state index in [1.54, 1.807) is 6.20 Å². The Bertz CT molecular complexity index is 2890. The summed E-state index contributed by atoms with van der Waals surface area (Å²) in [6.45, 7) is 4.75. The van der Waals surface area contributed by atoms with Crippen molar-refractivity contribution in [2.45, 2.75) is 19.3 Å². The maximum atomic E-state index is 5.14. The Morgan fingerprint density at radius 3 is 1.85 bits per heavy atom. The summed E-state index contributed by atoms with van der Waals surface area (Å²) in [6.07, 6.45) is 3.66. The second kappa shape index (κ2) is 10.7. The summed E-state index contributed by atoms with van der Waals surface area (Å²) in [5.41, 5.74) is 16.1. The number of para-hydroxylation sites is 2. The van der Waals surface area contributed by atoms with Crippen molar-refractivity contribution >= 4 is 38.1 Å². The van der Waals surface area contributed by atoms with Gasteiger partial charge in [-0.05, 0) is 81.9 Å². The Hall–Kier alpha value is -6.65. The van der Waals surface area contributed by atoms with Gasteiger partial charge in [0, 0.05) is 56.0 Å². The molecule has 244 valence electrons. The third-order valence-electron chi connectivity index (χ3n) is 11.2. The number of fused-ring (bicyclic) bond motifs is 9. The van der Waals surface area contributed by atoms with Gasteiger partial charge in [0.05, 0.1) is 27.9 Å². The molecule has 11 rings (SSSR count). The highest BCUT2D eigenvalue weighted by molar-refractivity contribution is 6.24. The minimum Gasteiger partial charge on any atom is -0.308 e. The van der Waals surface area contributed by atoms with Crippen LogP contribution in [0.15, 0.2) is 158 Å². The number of hydrogen-bond donors (Lipinski definition) is 0. The lowest BCUT2D eigenvalue weighted by Crippen LogP contribution is -2.16. The van der Waals surface area contributed by atoms with Gasteiger partial charge in [-0.25, -0.2) is 9.97 Å².